The molecule has 0 aliphatic rings. The zero-order valence-electron chi connectivity index (χ0n) is 53.9. The first kappa shape index (κ1) is 85.2. The largest absolute Gasteiger partial charge is 0.508 e. The van der Waals surface area contributed by atoms with Crippen molar-refractivity contribution in [3.05, 3.63) is 132 Å². The molecule has 0 aliphatic carbocycles. The highest BCUT2D eigenvalue weighted by molar-refractivity contribution is 5.36. The van der Waals surface area contributed by atoms with Crippen molar-refractivity contribution < 1.29 is 143 Å². The summed E-state index contributed by atoms with van der Waals surface area (Å²) < 4.78 is 252. The molecule has 0 bridgehead atoms. The molecule has 19 nitrogen and oxygen atoms in total. The van der Waals surface area contributed by atoms with Gasteiger partial charge >= 0.3 is 24.7 Å². The van der Waals surface area contributed by atoms with Crippen LogP contribution in [0.4, 0.5) is 52.7 Å². The minimum atomic E-state index is -6.24. The van der Waals surface area contributed by atoms with Gasteiger partial charge in [-0.1, -0.05) is 24.3 Å². The number of rotatable bonds is 36. The Bertz CT molecular complexity index is 2470. The van der Waals surface area contributed by atoms with Gasteiger partial charge in [-0.25, -0.2) is 0 Å². The molecule has 0 spiro atoms. The van der Waals surface area contributed by atoms with E-state index in [0.717, 1.165) is 34.5 Å². The van der Waals surface area contributed by atoms with E-state index < -0.39 is 60.6 Å². The van der Waals surface area contributed by atoms with Gasteiger partial charge in [0, 0.05) is 71.6 Å². The summed E-state index contributed by atoms with van der Waals surface area (Å²) in [6.45, 7) is 16.5. The summed E-state index contributed by atoms with van der Waals surface area (Å²) in [7, 11) is 3.16. The Hall–Kier alpha value is -6.78. The molecule has 31 heteroatoms. The maximum absolute atomic E-state index is 13.6. The molecule has 0 fully saturated rings. The van der Waals surface area contributed by atoms with Crippen LogP contribution in [0.3, 0.4) is 0 Å². The Morgan fingerprint density at radius 1 is 0.309 bits per heavy atom. The molecular weight excluding hydrogens is 1290 g/mol. The topological polar surface area (TPSA) is 186 Å². The Balaban J connectivity index is 0.000000625. The maximum atomic E-state index is 13.6. The second-order valence-electron chi connectivity index (χ2n) is 18.0. The molecule has 2 unspecified atom stereocenters. The molecule has 0 aliphatic heterocycles. The molecule has 0 heterocycles. The summed E-state index contributed by atoms with van der Waals surface area (Å²) in [6, 6.07) is 27.7. The van der Waals surface area contributed by atoms with E-state index in [1.165, 1.54) is 13.8 Å². The molecule has 534 valence electrons. The molecule has 0 amide bonds. The standard InChI is InChI=1S/C18H18F12O4.C14H22O4.C12H18O4.C10H14O4.C9H12O3/c1-3-31-9-33-13(15(19,20)21,16(22,23)24)11-5-7-12(8-6-11)14(17(25,26)27,18(28,29)30)34-10-32-4-2;1-5-15-11(3)17-13-7-9-14(10-8-13)18-12(4)16-6-2;1-3-13-9-15-11-5-7-12(8-6-11)16-10-14-4-2;1-11-7-13-9-3-5-10(6-4-9)14-8-12-2;1-2-11-7-12-9-5-3-8(10)4-6-9/h5-8H,3-4,9-10H2,1-2H3;7-12H,5-6H2,1-4H3;5-8H,3-4,9-10H2,1-2H3;3-6H,7-8H2,1-2H3;3-6,10H,2,7H2,1H3. The lowest BCUT2D eigenvalue weighted by molar-refractivity contribution is -0.403. The fraction of sp³-hybridized carbons (Fsp3) is 0.524. The predicted octanol–water partition coefficient (Wildman–Crippen LogP) is 15.4. The van der Waals surface area contributed by atoms with E-state index >= 15 is 0 Å². The molecule has 0 aromatic heterocycles. The molecular formula is C63H84F12O19. The molecule has 0 radical (unpaired) electrons. The zero-order chi connectivity index (χ0) is 70.7. The second-order valence-corrected chi connectivity index (χ2v) is 18.0. The number of phenolic OH excluding ortho intramolecular Hbond substituents is 1. The van der Waals surface area contributed by atoms with Crippen LogP contribution in [0.2, 0.25) is 0 Å². The highest BCUT2D eigenvalue weighted by Gasteiger charge is 2.75. The van der Waals surface area contributed by atoms with E-state index in [2.05, 4.69) is 18.9 Å². The Labute approximate surface area is 539 Å². The van der Waals surface area contributed by atoms with Gasteiger partial charge in [-0.15, -0.1) is 0 Å². The van der Waals surface area contributed by atoms with Crippen LogP contribution in [0.15, 0.2) is 121 Å². The molecule has 5 aromatic carbocycles. The summed E-state index contributed by atoms with van der Waals surface area (Å²) in [5.74, 6) is 5.46. The first-order chi connectivity index (χ1) is 44.5. The van der Waals surface area contributed by atoms with Crippen LogP contribution in [0.25, 0.3) is 0 Å². The summed E-state index contributed by atoms with van der Waals surface area (Å²) in [4.78, 5) is 0. The third kappa shape index (κ3) is 30.7. The van der Waals surface area contributed by atoms with Gasteiger partial charge in [0.25, 0.3) is 11.2 Å². The molecule has 1 N–H and O–H groups in total. The number of aromatic hydroxyl groups is 1. The van der Waals surface area contributed by atoms with Gasteiger partial charge in [-0.05, 0) is 159 Å². The second kappa shape index (κ2) is 45.6. The number of hydrogen-bond donors (Lipinski definition) is 1. The van der Waals surface area contributed by atoms with Crippen molar-refractivity contribution >= 4 is 0 Å². The summed E-state index contributed by atoms with van der Waals surface area (Å²) in [6.07, 6.45) is -25.4. The minimum Gasteiger partial charge on any atom is -0.508 e. The lowest BCUT2D eigenvalue weighted by atomic mass is 9.86. The van der Waals surface area contributed by atoms with Crippen LogP contribution >= 0.6 is 0 Å². The van der Waals surface area contributed by atoms with Gasteiger partial charge in [-0.3, -0.25) is 0 Å². The lowest BCUT2D eigenvalue weighted by Crippen LogP contribution is -2.57. The predicted molar refractivity (Wildman–Crippen MR) is 316 cm³/mol. The van der Waals surface area contributed by atoms with E-state index in [9.17, 15) is 52.7 Å². The third-order valence-electron chi connectivity index (χ3n) is 11.4. The van der Waals surface area contributed by atoms with E-state index in [1.54, 1.807) is 38.5 Å². The Morgan fingerprint density at radius 2 is 0.532 bits per heavy atom. The highest BCUT2D eigenvalue weighted by atomic mass is 19.4. The SMILES string of the molecule is CCOC(C)Oc1ccc(OC(C)OCC)cc1.CCOCOC(c1ccc(C(OCOCC)(C(F)(F)F)C(F)(F)F)cc1)(C(F)(F)F)C(F)(F)F.CCOCOc1ccc(O)cc1.CCOCOc1ccc(OCOCC)cc1.COCOc1ccc(OCOC)cc1. The van der Waals surface area contributed by atoms with E-state index in [4.69, 9.17) is 71.4 Å². The summed E-state index contributed by atoms with van der Waals surface area (Å²) in [5.41, 5.74) is -13.9. The van der Waals surface area contributed by atoms with Gasteiger partial charge in [-0.2, -0.15) is 52.7 Å². The van der Waals surface area contributed by atoms with E-state index in [0.29, 0.717) is 38.8 Å². The Kier molecular flexibility index (Phi) is 41.3. The van der Waals surface area contributed by atoms with Crippen molar-refractivity contribution in [1.82, 2.24) is 0 Å². The molecule has 94 heavy (non-hydrogen) atoms. The van der Waals surface area contributed by atoms with Crippen LogP contribution in [-0.4, -0.2) is 150 Å². The monoisotopic (exact) mass is 1370 g/mol. The smallest absolute Gasteiger partial charge is 0.430 e. The number of alkyl halides is 12. The molecule has 2 atom stereocenters. The third-order valence-corrected chi connectivity index (χ3v) is 11.4. The quantitative estimate of drug-likeness (QED) is 0.0226. The fourth-order valence-corrected chi connectivity index (χ4v) is 6.99. The molecule has 5 rings (SSSR count). The van der Waals surface area contributed by atoms with Crippen molar-refractivity contribution in [2.75, 3.05) is 108 Å². The molecule has 0 saturated heterocycles. The number of ether oxygens (including phenoxy) is 18. The van der Waals surface area contributed by atoms with Crippen molar-refractivity contribution in [3.63, 3.8) is 0 Å². The van der Waals surface area contributed by atoms with Gasteiger partial charge in [0.2, 0.25) is 0 Å². The van der Waals surface area contributed by atoms with Crippen LogP contribution in [0, 0.1) is 0 Å². The maximum Gasteiger partial charge on any atom is 0.430 e. The van der Waals surface area contributed by atoms with Crippen molar-refractivity contribution in [1.29, 1.82) is 0 Å². The number of phenols is 1. The van der Waals surface area contributed by atoms with Crippen LogP contribution < -0.4 is 33.2 Å². The first-order valence-electron chi connectivity index (χ1n) is 28.9. The molecule has 5 aromatic rings. The number of halogens is 12. The molecule has 0 saturated carbocycles. The normalized spacial score (nSPS) is 12.4. The fourth-order valence-electron chi connectivity index (χ4n) is 6.99. The lowest BCUT2D eigenvalue weighted by Gasteiger charge is -2.39. The van der Waals surface area contributed by atoms with Gasteiger partial charge in [0.1, 0.15) is 59.6 Å². The average molecular weight is 1370 g/mol. The van der Waals surface area contributed by atoms with Crippen LogP contribution in [0.1, 0.15) is 73.4 Å². The van der Waals surface area contributed by atoms with E-state index in [-0.39, 0.29) is 89.8 Å². The number of methoxy groups -OCH3 is 2. The van der Waals surface area contributed by atoms with Crippen molar-refractivity contribution in [2.24, 2.45) is 0 Å². The average Bonchev–Trinajstić information content (AvgIpc) is 0.729. The van der Waals surface area contributed by atoms with E-state index in [1.807, 2.05) is 121 Å². The van der Waals surface area contributed by atoms with Crippen molar-refractivity contribution in [3.8, 4) is 46.0 Å². The first-order valence-corrected chi connectivity index (χ1v) is 28.9. The van der Waals surface area contributed by atoms with Gasteiger partial charge < -0.3 is 90.4 Å². The minimum absolute atomic E-state index is 0.210. The summed E-state index contributed by atoms with van der Waals surface area (Å²) in [5, 5.41) is 8.94. The van der Waals surface area contributed by atoms with Crippen LogP contribution in [0.5, 0.6) is 46.0 Å². The number of benzene rings is 5. The van der Waals surface area contributed by atoms with Crippen molar-refractivity contribution in [2.45, 2.75) is 111 Å². The summed E-state index contributed by atoms with van der Waals surface area (Å²) >= 11 is 0. The zero-order valence-corrected chi connectivity index (χ0v) is 53.9. The van der Waals surface area contributed by atoms with Gasteiger partial charge in [0.05, 0.1) is 0 Å². The number of hydrogen-bond acceptors (Lipinski definition) is 19. The Morgan fingerprint density at radius 3 is 0.755 bits per heavy atom. The van der Waals surface area contributed by atoms with Crippen LogP contribution in [-0.2, 0) is 63.3 Å². The van der Waals surface area contributed by atoms with Gasteiger partial charge in [0.15, 0.2) is 46.5 Å². The highest BCUT2D eigenvalue weighted by Crippen LogP contribution is 2.56.